The van der Waals surface area contributed by atoms with Gasteiger partial charge in [0.25, 0.3) is 0 Å². The third-order valence-electron chi connectivity index (χ3n) is 5.09. The van der Waals surface area contributed by atoms with Gasteiger partial charge in [-0.2, -0.15) is 5.10 Å². The van der Waals surface area contributed by atoms with Crippen molar-refractivity contribution in [3.05, 3.63) is 84.4 Å². The van der Waals surface area contributed by atoms with E-state index < -0.39 is 0 Å². The lowest BCUT2D eigenvalue weighted by atomic mass is 9.98. The quantitative estimate of drug-likeness (QED) is 0.390. The van der Waals surface area contributed by atoms with E-state index in [1.165, 1.54) is 17.3 Å². The van der Waals surface area contributed by atoms with Crippen LogP contribution in [0.4, 0.5) is 0 Å². The predicted molar refractivity (Wildman–Crippen MR) is 126 cm³/mol. The van der Waals surface area contributed by atoms with Gasteiger partial charge in [0.05, 0.1) is 12.3 Å². The van der Waals surface area contributed by atoms with Crippen molar-refractivity contribution in [2.24, 2.45) is 0 Å². The van der Waals surface area contributed by atoms with E-state index in [-0.39, 0.29) is 11.9 Å². The maximum Gasteiger partial charge on any atom is 0.230 e. The molecule has 164 valence electrons. The molecular formula is C24H26N6OS. The van der Waals surface area contributed by atoms with E-state index in [9.17, 15) is 4.79 Å². The molecule has 0 unspecified atom stereocenters. The molecule has 4 aromatic rings. The first-order valence-corrected chi connectivity index (χ1v) is 11.5. The van der Waals surface area contributed by atoms with Crippen LogP contribution in [0.3, 0.4) is 0 Å². The zero-order chi connectivity index (χ0) is 22.3. The number of rotatable bonds is 9. The van der Waals surface area contributed by atoms with E-state index in [0.29, 0.717) is 12.3 Å². The fourth-order valence-electron chi connectivity index (χ4n) is 3.39. The SMILES string of the molecule is CC(C)n1cnnc1SCC(=O)NCc1ccccc1-c1ccc(Cn2cccn2)cc1. The lowest BCUT2D eigenvalue weighted by Crippen LogP contribution is -2.25. The van der Waals surface area contributed by atoms with Crippen LogP contribution in [0.5, 0.6) is 0 Å². The highest BCUT2D eigenvalue weighted by atomic mass is 32.2. The molecule has 0 radical (unpaired) electrons. The van der Waals surface area contributed by atoms with Crippen molar-refractivity contribution in [1.82, 2.24) is 29.9 Å². The molecule has 0 fully saturated rings. The minimum Gasteiger partial charge on any atom is -0.351 e. The summed E-state index contributed by atoms with van der Waals surface area (Å²) in [5.74, 6) is 0.271. The molecule has 2 aromatic heterocycles. The van der Waals surface area contributed by atoms with E-state index in [2.05, 4.69) is 70.9 Å². The number of nitrogens with zero attached hydrogens (tertiary/aromatic N) is 5. The van der Waals surface area contributed by atoms with E-state index in [0.717, 1.165) is 28.4 Å². The van der Waals surface area contributed by atoms with Crippen LogP contribution >= 0.6 is 11.8 Å². The molecular weight excluding hydrogens is 420 g/mol. The molecule has 0 aliphatic heterocycles. The molecule has 0 saturated heterocycles. The van der Waals surface area contributed by atoms with E-state index >= 15 is 0 Å². The third kappa shape index (κ3) is 5.45. The van der Waals surface area contributed by atoms with Gasteiger partial charge in [0.15, 0.2) is 5.16 Å². The first-order valence-electron chi connectivity index (χ1n) is 10.5. The smallest absolute Gasteiger partial charge is 0.230 e. The summed E-state index contributed by atoms with van der Waals surface area (Å²) in [6.45, 7) is 5.34. The second-order valence-electron chi connectivity index (χ2n) is 7.74. The summed E-state index contributed by atoms with van der Waals surface area (Å²) in [6.07, 6.45) is 5.44. The molecule has 1 amide bonds. The Kier molecular flexibility index (Phi) is 7.01. The molecule has 8 heteroatoms. The molecule has 0 saturated carbocycles. The Labute approximate surface area is 191 Å². The van der Waals surface area contributed by atoms with Crippen LogP contribution in [0.25, 0.3) is 11.1 Å². The van der Waals surface area contributed by atoms with Crippen molar-refractivity contribution in [2.75, 3.05) is 5.75 Å². The topological polar surface area (TPSA) is 77.6 Å². The number of amides is 1. The number of aromatic nitrogens is 5. The number of nitrogens with one attached hydrogen (secondary N) is 1. The van der Waals surface area contributed by atoms with Crippen molar-refractivity contribution < 1.29 is 4.79 Å². The number of hydrogen-bond acceptors (Lipinski definition) is 5. The molecule has 1 N–H and O–H groups in total. The van der Waals surface area contributed by atoms with Crippen molar-refractivity contribution in [2.45, 2.75) is 38.1 Å². The maximum atomic E-state index is 12.4. The Bertz CT molecular complexity index is 1150. The number of carbonyl (C=O) groups excluding carboxylic acids is 1. The molecule has 0 bridgehead atoms. The van der Waals surface area contributed by atoms with Crippen LogP contribution in [0, 0.1) is 0 Å². The standard InChI is InChI=1S/C24H26N6OS/c1-18(2)30-17-26-28-24(30)32-16-23(31)25-14-21-6-3-4-7-22(21)20-10-8-19(9-11-20)15-29-13-5-12-27-29/h3-13,17-18H,14-16H2,1-2H3,(H,25,31). The first-order chi connectivity index (χ1) is 15.6. The van der Waals surface area contributed by atoms with Crippen LogP contribution in [-0.2, 0) is 17.9 Å². The summed E-state index contributed by atoms with van der Waals surface area (Å²) >= 11 is 1.40. The van der Waals surface area contributed by atoms with Gasteiger partial charge in [-0.3, -0.25) is 9.48 Å². The van der Waals surface area contributed by atoms with Crippen molar-refractivity contribution in [1.29, 1.82) is 0 Å². The van der Waals surface area contributed by atoms with Crippen LogP contribution in [0.15, 0.2) is 78.5 Å². The van der Waals surface area contributed by atoms with Gasteiger partial charge in [-0.25, -0.2) is 0 Å². The Morgan fingerprint density at radius 1 is 1.09 bits per heavy atom. The largest absolute Gasteiger partial charge is 0.351 e. The molecule has 2 aromatic carbocycles. The van der Waals surface area contributed by atoms with Gasteiger partial charge in [-0.05, 0) is 42.2 Å². The number of thioether (sulfide) groups is 1. The van der Waals surface area contributed by atoms with Crippen molar-refractivity contribution in [3.8, 4) is 11.1 Å². The highest BCUT2D eigenvalue weighted by Gasteiger charge is 2.11. The van der Waals surface area contributed by atoms with E-state index in [1.807, 2.05) is 33.6 Å². The fourth-order valence-corrected chi connectivity index (χ4v) is 4.27. The zero-order valence-corrected chi connectivity index (χ0v) is 19.0. The predicted octanol–water partition coefficient (Wildman–Crippen LogP) is 4.18. The van der Waals surface area contributed by atoms with Crippen LogP contribution in [0.2, 0.25) is 0 Å². The van der Waals surface area contributed by atoms with Gasteiger partial charge in [0, 0.05) is 25.0 Å². The molecule has 4 rings (SSSR count). The third-order valence-corrected chi connectivity index (χ3v) is 6.05. The summed E-state index contributed by atoms with van der Waals surface area (Å²) in [5.41, 5.74) is 4.51. The molecule has 32 heavy (non-hydrogen) atoms. The first kappa shape index (κ1) is 21.8. The van der Waals surface area contributed by atoms with Gasteiger partial charge < -0.3 is 9.88 Å². The van der Waals surface area contributed by atoms with Gasteiger partial charge in [0.2, 0.25) is 5.91 Å². The lowest BCUT2D eigenvalue weighted by Gasteiger charge is -2.12. The van der Waals surface area contributed by atoms with Crippen LogP contribution in [-0.4, -0.2) is 36.2 Å². The summed E-state index contributed by atoms with van der Waals surface area (Å²) in [4.78, 5) is 12.4. The fraction of sp³-hybridized carbons (Fsp3) is 0.250. The van der Waals surface area contributed by atoms with Crippen LogP contribution in [0.1, 0.15) is 31.0 Å². The van der Waals surface area contributed by atoms with E-state index in [4.69, 9.17) is 0 Å². The number of hydrogen-bond donors (Lipinski definition) is 1. The molecule has 0 spiro atoms. The lowest BCUT2D eigenvalue weighted by molar-refractivity contribution is -0.118. The number of benzene rings is 2. The summed E-state index contributed by atoms with van der Waals surface area (Å²) < 4.78 is 3.86. The summed E-state index contributed by atoms with van der Waals surface area (Å²) in [6, 6.07) is 18.8. The van der Waals surface area contributed by atoms with Gasteiger partial charge in [-0.15, -0.1) is 10.2 Å². The second-order valence-corrected chi connectivity index (χ2v) is 8.68. The summed E-state index contributed by atoms with van der Waals surface area (Å²) in [7, 11) is 0. The number of carbonyl (C=O) groups is 1. The van der Waals surface area contributed by atoms with Crippen LogP contribution < -0.4 is 5.32 Å². The maximum absolute atomic E-state index is 12.4. The normalized spacial score (nSPS) is 11.1. The molecule has 0 aliphatic carbocycles. The Morgan fingerprint density at radius 3 is 2.66 bits per heavy atom. The van der Waals surface area contributed by atoms with Gasteiger partial charge >= 0.3 is 0 Å². The average molecular weight is 447 g/mol. The van der Waals surface area contributed by atoms with Crippen molar-refractivity contribution in [3.63, 3.8) is 0 Å². The highest BCUT2D eigenvalue weighted by Crippen LogP contribution is 2.24. The molecule has 0 atom stereocenters. The van der Waals surface area contributed by atoms with Gasteiger partial charge in [0.1, 0.15) is 6.33 Å². The molecule has 7 nitrogen and oxygen atoms in total. The average Bonchev–Trinajstić information content (AvgIpc) is 3.49. The Hall–Kier alpha value is -3.39. The zero-order valence-electron chi connectivity index (χ0n) is 18.2. The second kappa shape index (κ2) is 10.3. The minimum atomic E-state index is -0.0299. The molecule has 0 aliphatic rings. The Balaban J connectivity index is 1.37. The highest BCUT2D eigenvalue weighted by molar-refractivity contribution is 7.99. The molecule has 2 heterocycles. The minimum absolute atomic E-state index is 0.0299. The van der Waals surface area contributed by atoms with Gasteiger partial charge in [-0.1, -0.05) is 60.3 Å². The Morgan fingerprint density at radius 2 is 1.91 bits per heavy atom. The van der Waals surface area contributed by atoms with E-state index in [1.54, 1.807) is 12.5 Å². The summed E-state index contributed by atoms with van der Waals surface area (Å²) in [5, 5.41) is 16.1. The monoisotopic (exact) mass is 446 g/mol. The van der Waals surface area contributed by atoms with Crippen molar-refractivity contribution >= 4 is 17.7 Å².